The fraction of sp³-hybridized carbons (Fsp3) is 0.529. The summed E-state index contributed by atoms with van der Waals surface area (Å²) in [5.74, 6) is -0.0999. The molecule has 336 valence electrons. The number of anilines is 2. The van der Waals surface area contributed by atoms with E-state index in [1.54, 1.807) is 0 Å². The Hall–Kier alpha value is -4.12. The highest BCUT2D eigenvalue weighted by Crippen LogP contribution is 2.49. The number of hydrogen-bond donors (Lipinski definition) is 3. The number of carbonyl (C=O) groups is 2. The number of rotatable bonds is 18. The summed E-state index contributed by atoms with van der Waals surface area (Å²) >= 11 is 7.26. The molecule has 2 amide bonds. The number of nitrogens with zero attached hydrogens (tertiary/aromatic N) is 2. The van der Waals surface area contributed by atoms with Crippen LogP contribution in [0.5, 0.6) is 0 Å². The molecular formula is C51H69ClN4O5S. The van der Waals surface area contributed by atoms with Crippen LogP contribution in [0.3, 0.4) is 0 Å². The van der Waals surface area contributed by atoms with Crippen molar-refractivity contribution >= 4 is 44.9 Å². The van der Waals surface area contributed by atoms with E-state index in [1.165, 1.54) is 22.5 Å². The summed E-state index contributed by atoms with van der Waals surface area (Å²) in [7, 11) is -3.99. The highest BCUT2D eigenvalue weighted by atomic mass is 35.5. The second-order valence-corrected chi connectivity index (χ2v) is 20.6. The van der Waals surface area contributed by atoms with Gasteiger partial charge in [0.1, 0.15) is 0 Å². The van der Waals surface area contributed by atoms with E-state index in [4.69, 9.17) is 11.6 Å². The van der Waals surface area contributed by atoms with E-state index in [1.807, 2.05) is 6.07 Å². The molecule has 0 fully saturated rings. The highest BCUT2D eigenvalue weighted by molar-refractivity contribution is 7.85. The van der Waals surface area contributed by atoms with E-state index in [2.05, 4.69) is 127 Å². The second-order valence-electron chi connectivity index (χ2n) is 18.6. The standard InChI is InChI=1S/C51H69ClN4O5S/c1-50(2)41-24-10-12-26-43(41)55(35-16-17-37-62(59,60)61)45(50)32-30-38-20-18-21-39(49(38)52)31-33-46-51(3,4)42-25-11-13-27-44(42)56(46)36-19-34-53-47(57)28-14-15-29-48(58)54-40-22-8-6-5-7-9-23-40/h5-6,10-13,24-27,30-33,40,45H,7-9,14-23,28-29,34-37H2,1-4H3,(H,53,57)(H,54,58)(H,59,60,61). The monoisotopic (exact) mass is 884 g/mol. The third-order valence-corrected chi connectivity index (χ3v) is 14.6. The summed E-state index contributed by atoms with van der Waals surface area (Å²) in [6.07, 6.45) is 25.5. The number of carbonyl (C=O) groups excluding carboxylic acids is 2. The molecule has 2 aromatic rings. The van der Waals surface area contributed by atoms with Crippen molar-refractivity contribution in [3.05, 3.63) is 118 Å². The van der Waals surface area contributed by atoms with E-state index >= 15 is 0 Å². The van der Waals surface area contributed by atoms with E-state index in [9.17, 15) is 22.6 Å². The first-order valence-corrected chi connectivity index (χ1v) is 25.0. The van der Waals surface area contributed by atoms with Crippen molar-refractivity contribution in [2.24, 2.45) is 0 Å². The molecule has 2 heterocycles. The minimum Gasteiger partial charge on any atom is -0.364 e. The van der Waals surface area contributed by atoms with Crippen LogP contribution in [0.15, 0.2) is 107 Å². The van der Waals surface area contributed by atoms with Crippen molar-refractivity contribution in [3.8, 4) is 0 Å². The molecule has 2 aliphatic heterocycles. The summed E-state index contributed by atoms with van der Waals surface area (Å²) < 4.78 is 32.1. The maximum absolute atomic E-state index is 12.8. The van der Waals surface area contributed by atoms with Crippen LogP contribution in [0, 0.1) is 0 Å². The Morgan fingerprint density at radius 3 is 2.31 bits per heavy atom. The number of fused-ring (bicyclic) bond motifs is 2. The minimum atomic E-state index is -3.99. The van der Waals surface area contributed by atoms with Gasteiger partial charge in [0.05, 0.1) is 11.8 Å². The number of unbranched alkanes of at least 4 members (excludes halogenated alkanes) is 2. The zero-order valence-corrected chi connectivity index (χ0v) is 39.0. The van der Waals surface area contributed by atoms with Gasteiger partial charge in [-0.3, -0.25) is 14.1 Å². The van der Waals surface area contributed by atoms with Gasteiger partial charge in [0.15, 0.2) is 0 Å². The minimum absolute atomic E-state index is 0.0351. The molecule has 0 aromatic heterocycles. The van der Waals surface area contributed by atoms with Crippen LogP contribution >= 0.6 is 11.6 Å². The molecule has 2 unspecified atom stereocenters. The zero-order chi connectivity index (χ0) is 44.3. The lowest BCUT2D eigenvalue weighted by molar-refractivity contribution is -0.123. The number of halogens is 1. The summed E-state index contributed by atoms with van der Waals surface area (Å²) in [5, 5.41) is 7.13. The van der Waals surface area contributed by atoms with Gasteiger partial charge in [-0.15, -0.1) is 0 Å². The van der Waals surface area contributed by atoms with E-state index < -0.39 is 10.1 Å². The van der Waals surface area contributed by atoms with Crippen LogP contribution in [0.1, 0.15) is 135 Å². The first-order valence-electron chi connectivity index (χ1n) is 23.0. The topological polar surface area (TPSA) is 119 Å². The van der Waals surface area contributed by atoms with E-state index in [0.717, 1.165) is 86.2 Å². The zero-order valence-electron chi connectivity index (χ0n) is 37.4. The highest BCUT2D eigenvalue weighted by Gasteiger charge is 2.43. The van der Waals surface area contributed by atoms with Crippen molar-refractivity contribution in [3.63, 3.8) is 0 Å². The Morgan fingerprint density at radius 2 is 1.53 bits per heavy atom. The maximum Gasteiger partial charge on any atom is 0.264 e. The lowest BCUT2D eigenvalue weighted by Crippen LogP contribution is -2.40. The summed E-state index contributed by atoms with van der Waals surface area (Å²) in [6, 6.07) is 17.3. The van der Waals surface area contributed by atoms with Crippen molar-refractivity contribution < 1.29 is 22.6 Å². The molecule has 0 spiro atoms. The summed E-state index contributed by atoms with van der Waals surface area (Å²) in [4.78, 5) is 30.1. The van der Waals surface area contributed by atoms with Crippen LogP contribution in [0.4, 0.5) is 11.4 Å². The smallest absolute Gasteiger partial charge is 0.264 e. The van der Waals surface area contributed by atoms with Crippen LogP contribution in [0.25, 0.3) is 0 Å². The van der Waals surface area contributed by atoms with Crippen molar-refractivity contribution in [2.45, 2.75) is 147 Å². The van der Waals surface area contributed by atoms with Crippen LogP contribution in [0.2, 0.25) is 0 Å². The maximum atomic E-state index is 12.8. The third-order valence-electron chi connectivity index (χ3n) is 13.3. The first-order chi connectivity index (χ1) is 29.7. The first kappa shape index (κ1) is 47.4. The predicted molar refractivity (Wildman–Crippen MR) is 255 cm³/mol. The Labute approximate surface area is 376 Å². The van der Waals surface area contributed by atoms with Crippen LogP contribution in [-0.4, -0.2) is 62.3 Å². The van der Waals surface area contributed by atoms with Gasteiger partial charge in [-0.25, -0.2) is 0 Å². The summed E-state index contributed by atoms with van der Waals surface area (Å²) in [5.41, 5.74) is 7.93. The number of benzene rings is 2. The van der Waals surface area contributed by atoms with Crippen molar-refractivity contribution in [1.82, 2.24) is 10.6 Å². The number of amides is 2. The van der Waals surface area contributed by atoms with Gasteiger partial charge in [0, 0.05) is 71.5 Å². The molecule has 9 nitrogen and oxygen atoms in total. The Bertz CT molecular complexity index is 2170. The Balaban J connectivity index is 1.07. The van der Waals surface area contributed by atoms with Crippen LogP contribution < -0.4 is 20.4 Å². The lowest BCUT2D eigenvalue weighted by atomic mass is 9.80. The van der Waals surface area contributed by atoms with Gasteiger partial charge in [0.2, 0.25) is 11.8 Å². The van der Waals surface area contributed by atoms with Crippen molar-refractivity contribution in [1.29, 1.82) is 0 Å². The van der Waals surface area contributed by atoms with Crippen LogP contribution in [-0.2, 0) is 30.5 Å². The molecule has 0 saturated heterocycles. The average molecular weight is 886 g/mol. The summed E-state index contributed by atoms with van der Waals surface area (Å²) in [6.45, 7) is 11.1. The van der Waals surface area contributed by atoms with Gasteiger partial charge < -0.3 is 20.4 Å². The average Bonchev–Trinajstić information content (AvgIpc) is 3.57. The van der Waals surface area contributed by atoms with E-state index in [0.29, 0.717) is 51.6 Å². The molecule has 4 aliphatic rings. The quantitative estimate of drug-likeness (QED) is 0.0775. The molecule has 6 rings (SSSR count). The number of hydrogen-bond acceptors (Lipinski definition) is 6. The molecular weight excluding hydrogens is 816 g/mol. The second kappa shape index (κ2) is 21.5. The SMILES string of the molecule is CC1(C)C(=CC=C2CCCC(C=CC3N(CCCCS(=O)(=O)O)c4ccccc4C3(C)C)=C2Cl)N(CCCNC(=O)CCCCC(=O)NC2CCC=CCCC2)c2ccccc21. The van der Waals surface area contributed by atoms with E-state index in [-0.39, 0.29) is 40.5 Å². The van der Waals surface area contributed by atoms with Gasteiger partial charge in [-0.1, -0.05) is 106 Å². The number of allylic oxidation sites excluding steroid dienone is 9. The fourth-order valence-corrected chi connectivity index (χ4v) is 10.7. The third kappa shape index (κ3) is 12.1. The van der Waals surface area contributed by atoms with Gasteiger partial charge in [-0.05, 0) is 124 Å². The lowest BCUT2D eigenvalue weighted by Gasteiger charge is -2.33. The van der Waals surface area contributed by atoms with Gasteiger partial charge in [-0.2, -0.15) is 8.42 Å². The molecule has 2 atom stereocenters. The fourth-order valence-electron chi connectivity index (χ4n) is 9.84. The molecule has 11 heteroatoms. The predicted octanol–water partition coefficient (Wildman–Crippen LogP) is 10.7. The van der Waals surface area contributed by atoms with Gasteiger partial charge in [0.25, 0.3) is 10.1 Å². The number of para-hydroxylation sites is 2. The molecule has 0 bridgehead atoms. The van der Waals surface area contributed by atoms with Crippen molar-refractivity contribution in [2.75, 3.05) is 35.2 Å². The Kier molecular flexibility index (Phi) is 16.4. The molecule has 2 aromatic carbocycles. The largest absolute Gasteiger partial charge is 0.364 e. The number of nitrogens with one attached hydrogen (secondary N) is 2. The molecule has 0 radical (unpaired) electrons. The molecule has 3 N–H and O–H groups in total. The molecule has 0 saturated carbocycles. The molecule has 62 heavy (non-hydrogen) atoms. The molecule has 2 aliphatic carbocycles. The normalized spacial score (nSPS) is 22.2. The van der Waals surface area contributed by atoms with Gasteiger partial charge >= 0.3 is 0 Å². The Morgan fingerprint density at radius 1 is 0.823 bits per heavy atom.